The average molecular weight is 807 g/mol. The quantitative estimate of drug-likeness (QED) is 0.0644. The maximum Gasteiger partial charge on any atom is 0.222 e. The molecule has 0 spiro atoms. The molecule has 2 amide bonds. The minimum absolute atomic E-state index is 0.121. The van der Waals surface area contributed by atoms with Gasteiger partial charge >= 0.3 is 0 Å². The molecule has 0 aromatic carbocycles. The molecule has 0 unspecified atom stereocenters. The normalized spacial score (nSPS) is 45.2. The van der Waals surface area contributed by atoms with Crippen LogP contribution in [0.5, 0.6) is 0 Å². The lowest BCUT2D eigenvalue weighted by Gasteiger charge is -2.46. The lowest BCUT2D eigenvalue weighted by molar-refractivity contribution is -0.343. The molecule has 4 rings (SSSR count). The molecule has 4 aliphatic heterocycles. The molecule has 0 aromatic rings. The van der Waals surface area contributed by atoms with Crippen molar-refractivity contribution in [2.45, 2.75) is 155 Å². The van der Waals surface area contributed by atoms with Crippen molar-refractivity contribution in [1.29, 1.82) is 0 Å². The first-order valence-corrected chi connectivity index (χ1v) is 17.8. The van der Waals surface area contributed by atoms with Crippen LogP contribution in [-0.4, -0.2) is 232 Å². The zero-order chi connectivity index (χ0) is 40.7. The molecular formula is C31H54N2O22. The Morgan fingerprint density at radius 1 is 0.418 bits per heavy atom. The first-order chi connectivity index (χ1) is 26.1. The van der Waals surface area contributed by atoms with Gasteiger partial charge in [0.15, 0.2) is 25.0 Å². The second-order valence-corrected chi connectivity index (χ2v) is 13.8. The Hall–Kier alpha value is -1.86. The molecule has 0 aliphatic carbocycles. The Morgan fingerprint density at radius 2 is 0.764 bits per heavy atom. The van der Waals surface area contributed by atoms with Crippen LogP contribution in [0.2, 0.25) is 0 Å². The highest BCUT2D eigenvalue weighted by molar-refractivity contribution is 5.76. The van der Waals surface area contributed by atoms with E-state index in [-0.39, 0.29) is 25.7 Å². The summed E-state index contributed by atoms with van der Waals surface area (Å²) in [4.78, 5) is 25.2. The predicted octanol–water partition coefficient (Wildman–Crippen LogP) is -9.58. The third-order valence-corrected chi connectivity index (χ3v) is 9.92. The molecule has 24 heteroatoms. The number of hydrogen-bond acceptors (Lipinski definition) is 22. The molecule has 4 saturated heterocycles. The van der Waals surface area contributed by atoms with Gasteiger partial charge in [-0.25, -0.2) is 0 Å². The van der Waals surface area contributed by atoms with Crippen molar-refractivity contribution in [3.8, 4) is 0 Å². The number of hydrogen-bond donors (Lipinski definition) is 16. The molecule has 20 atom stereocenters. The van der Waals surface area contributed by atoms with E-state index in [1.807, 2.05) is 0 Å². The van der Waals surface area contributed by atoms with Crippen LogP contribution >= 0.6 is 0 Å². The summed E-state index contributed by atoms with van der Waals surface area (Å²) in [5, 5.41) is 146. The zero-order valence-electron chi connectivity index (χ0n) is 29.4. The van der Waals surface area contributed by atoms with Gasteiger partial charge in [-0.1, -0.05) is 6.42 Å². The van der Waals surface area contributed by atoms with Crippen LogP contribution in [-0.2, 0) is 38.0 Å². The lowest BCUT2D eigenvalue weighted by Crippen LogP contribution is -2.66. The molecule has 0 radical (unpaired) electrons. The van der Waals surface area contributed by atoms with E-state index >= 15 is 0 Å². The number of ether oxygens (including phenoxy) is 6. The summed E-state index contributed by atoms with van der Waals surface area (Å²) in [5.41, 5.74) is 0. The van der Waals surface area contributed by atoms with Crippen LogP contribution in [0, 0.1) is 0 Å². The molecule has 0 aromatic heterocycles. The SMILES string of the molecule is O=C(CCCCCC(=O)N[C@@H]1O[C@H](CO)[C@@H](O[C@@H]2O[C@H](CO)[C@H](O)[C@H](O)[C@H]2O)[C@H](O)[C@H]1O)N[C@@H]1O[C@H](CO)[C@@H](O[C@@H]2O[C@H](CO)[C@H](O)[C@H](O)[C@H]2O)[C@H](O)[C@H]1O. The van der Waals surface area contributed by atoms with Gasteiger partial charge in [0.1, 0.15) is 97.7 Å². The lowest BCUT2D eigenvalue weighted by atomic mass is 9.96. The van der Waals surface area contributed by atoms with E-state index in [9.17, 15) is 81.1 Å². The average Bonchev–Trinajstić information content (AvgIpc) is 3.17. The van der Waals surface area contributed by atoms with Crippen molar-refractivity contribution >= 4 is 11.8 Å². The van der Waals surface area contributed by atoms with Crippen molar-refractivity contribution in [3.63, 3.8) is 0 Å². The van der Waals surface area contributed by atoms with E-state index in [2.05, 4.69) is 10.6 Å². The second-order valence-electron chi connectivity index (χ2n) is 13.8. The summed E-state index contributed by atoms with van der Waals surface area (Å²) in [7, 11) is 0. The molecular weight excluding hydrogens is 752 g/mol. The van der Waals surface area contributed by atoms with Crippen LogP contribution in [0.3, 0.4) is 0 Å². The van der Waals surface area contributed by atoms with Crippen molar-refractivity contribution in [2.75, 3.05) is 26.4 Å². The van der Waals surface area contributed by atoms with Crippen LogP contribution in [0.1, 0.15) is 32.1 Å². The van der Waals surface area contributed by atoms with Crippen LogP contribution < -0.4 is 10.6 Å². The van der Waals surface area contributed by atoms with Crippen molar-refractivity contribution in [1.82, 2.24) is 10.6 Å². The Kier molecular flexibility index (Phi) is 17.3. The molecule has 16 N–H and O–H groups in total. The van der Waals surface area contributed by atoms with Gasteiger partial charge in [0, 0.05) is 12.8 Å². The maximum atomic E-state index is 12.6. The second kappa shape index (κ2) is 20.7. The Labute approximate surface area is 313 Å². The Balaban J connectivity index is 1.18. The predicted molar refractivity (Wildman–Crippen MR) is 172 cm³/mol. The van der Waals surface area contributed by atoms with E-state index in [4.69, 9.17) is 28.4 Å². The molecule has 0 saturated carbocycles. The highest BCUT2D eigenvalue weighted by Gasteiger charge is 2.52. The smallest absolute Gasteiger partial charge is 0.222 e. The number of nitrogens with one attached hydrogen (secondary N) is 2. The van der Waals surface area contributed by atoms with E-state index in [1.54, 1.807) is 0 Å². The number of rotatable bonds is 16. The standard InChI is InChI=1S/C31H54N2O22/c34-6-10-16(40)18(42)24(48)30(52-10)54-26-12(8-36)50-28(22(46)20(26)44)32-14(38)4-2-1-3-5-15(39)33-29-23(47)21(45)27(13(9-37)51-29)55-31-25(49)19(43)17(41)11(7-35)53-31/h10-13,16-31,34-37,40-49H,1-9H2,(H,32,38)(H,33,39)/t10-,11-,12-,13-,16+,17+,18+,19+,20-,21-,22-,23-,24-,25-,26-,27-,28-,29-,30+,31+/m1/s1. The number of aliphatic hydroxyl groups is 14. The highest BCUT2D eigenvalue weighted by atomic mass is 16.7. The topological polar surface area (TPSA) is 397 Å². The van der Waals surface area contributed by atoms with E-state index in [0.29, 0.717) is 6.42 Å². The van der Waals surface area contributed by atoms with Gasteiger partial charge in [-0.05, 0) is 12.8 Å². The maximum absolute atomic E-state index is 12.6. The van der Waals surface area contributed by atoms with Crippen LogP contribution in [0.25, 0.3) is 0 Å². The summed E-state index contributed by atoms with van der Waals surface area (Å²) >= 11 is 0. The van der Waals surface area contributed by atoms with Gasteiger partial charge in [-0.3, -0.25) is 9.59 Å². The number of aliphatic hydroxyl groups excluding tert-OH is 14. The van der Waals surface area contributed by atoms with Gasteiger partial charge in [0.2, 0.25) is 11.8 Å². The Bertz CT molecular complexity index is 1110. The number of carbonyl (C=O) groups is 2. The van der Waals surface area contributed by atoms with Crippen molar-refractivity contribution < 1.29 is 110 Å². The van der Waals surface area contributed by atoms with Gasteiger partial charge < -0.3 is 111 Å². The van der Waals surface area contributed by atoms with E-state index < -0.39 is 161 Å². The minimum Gasteiger partial charge on any atom is -0.394 e. The molecule has 4 aliphatic rings. The molecule has 0 bridgehead atoms. The van der Waals surface area contributed by atoms with Gasteiger partial charge in [0.05, 0.1) is 26.4 Å². The van der Waals surface area contributed by atoms with Crippen molar-refractivity contribution in [2.24, 2.45) is 0 Å². The van der Waals surface area contributed by atoms with E-state index in [0.717, 1.165) is 0 Å². The third kappa shape index (κ3) is 10.8. The molecule has 320 valence electrons. The van der Waals surface area contributed by atoms with Gasteiger partial charge in [-0.2, -0.15) is 0 Å². The third-order valence-electron chi connectivity index (χ3n) is 9.92. The first-order valence-electron chi connectivity index (χ1n) is 17.8. The van der Waals surface area contributed by atoms with Crippen molar-refractivity contribution in [3.05, 3.63) is 0 Å². The monoisotopic (exact) mass is 806 g/mol. The molecule has 4 fully saturated rings. The summed E-state index contributed by atoms with van der Waals surface area (Å²) < 4.78 is 32.5. The van der Waals surface area contributed by atoms with E-state index in [1.165, 1.54) is 0 Å². The number of amides is 2. The van der Waals surface area contributed by atoms with Crippen LogP contribution in [0.15, 0.2) is 0 Å². The minimum atomic E-state index is -1.84. The molecule has 24 nitrogen and oxygen atoms in total. The highest BCUT2D eigenvalue weighted by Crippen LogP contribution is 2.30. The fourth-order valence-electron chi connectivity index (χ4n) is 6.63. The summed E-state index contributed by atoms with van der Waals surface area (Å²) in [6.45, 7) is -3.09. The summed E-state index contributed by atoms with van der Waals surface area (Å²) in [5.74, 6) is -1.26. The fraction of sp³-hybridized carbons (Fsp3) is 0.935. The fourth-order valence-corrected chi connectivity index (χ4v) is 6.63. The largest absolute Gasteiger partial charge is 0.394 e. The number of carbonyl (C=O) groups excluding carboxylic acids is 2. The zero-order valence-corrected chi connectivity index (χ0v) is 29.4. The van der Waals surface area contributed by atoms with Gasteiger partial charge in [0.25, 0.3) is 0 Å². The molecule has 55 heavy (non-hydrogen) atoms. The Morgan fingerprint density at radius 3 is 1.09 bits per heavy atom. The summed E-state index contributed by atoms with van der Waals surface area (Å²) in [6, 6.07) is 0. The first kappa shape index (κ1) is 45.8. The summed E-state index contributed by atoms with van der Waals surface area (Å²) in [6.07, 6.45) is -32.3. The molecule has 4 heterocycles. The van der Waals surface area contributed by atoms with Gasteiger partial charge in [-0.15, -0.1) is 0 Å². The van der Waals surface area contributed by atoms with Crippen LogP contribution in [0.4, 0.5) is 0 Å². The number of unbranched alkanes of at least 4 members (excludes halogenated alkanes) is 2.